The number of rotatable bonds is 7. The van der Waals surface area contributed by atoms with Gasteiger partial charge in [-0.25, -0.2) is 0 Å². The number of Topliss-reactive ketones (excluding diaryl/α,β-unsaturated/α-hetero) is 1. The Labute approximate surface area is 225 Å². The van der Waals surface area contributed by atoms with Gasteiger partial charge in [0.05, 0.1) is 24.5 Å². The van der Waals surface area contributed by atoms with Crippen LogP contribution in [0.1, 0.15) is 74.1 Å². The third kappa shape index (κ3) is 5.10. The fourth-order valence-corrected chi connectivity index (χ4v) is 5.69. The van der Waals surface area contributed by atoms with Gasteiger partial charge in [-0.05, 0) is 61.1 Å². The van der Waals surface area contributed by atoms with Crippen LogP contribution < -0.4 is 15.0 Å². The predicted molar refractivity (Wildman–Crippen MR) is 153 cm³/mol. The minimum Gasteiger partial charge on any atom is -0.497 e. The number of amides is 1. The number of nitrogens with one attached hydrogen (secondary N) is 1. The molecule has 0 radical (unpaired) electrons. The number of para-hydroxylation sites is 2. The van der Waals surface area contributed by atoms with Crippen molar-refractivity contribution in [2.75, 3.05) is 17.3 Å². The lowest BCUT2D eigenvalue weighted by molar-refractivity contribution is -0.119. The first-order chi connectivity index (χ1) is 18.5. The molecular weight excluding hydrogens is 472 g/mol. The number of unbranched alkanes of at least 4 members (excludes halogenated alkanes) is 2. The lowest BCUT2D eigenvalue weighted by Crippen LogP contribution is -2.38. The van der Waals surface area contributed by atoms with Crippen LogP contribution in [0.3, 0.4) is 0 Å². The monoisotopic (exact) mass is 508 g/mol. The molecule has 38 heavy (non-hydrogen) atoms. The van der Waals surface area contributed by atoms with Crippen LogP contribution >= 0.6 is 0 Å². The fraction of sp³-hybridized carbons (Fsp3) is 0.333. The molecule has 1 amide bonds. The van der Waals surface area contributed by atoms with Crippen molar-refractivity contribution in [2.45, 2.75) is 64.3 Å². The number of fused-ring (bicyclic) bond motifs is 1. The Morgan fingerprint density at radius 1 is 0.947 bits per heavy atom. The van der Waals surface area contributed by atoms with E-state index >= 15 is 0 Å². The van der Waals surface area contributed by atoms with Crippen LogP contribution in [0.4, 0.5) is 11.4 Å². The third-order valence-corrected chi connectivity index (χ3v) is 7.73. The van der Waals surface area contributed by atoms with E-state index in [2.05, 4.69) is 43.4 Å². The van der Waals surface area contributed by atoms with Gasteiger partial charge in [0, 0.05) is 24.1 Å². The minimum absolute atomic E-state index is 0.0529. The molecule has 0 aromatic heterocycles. The Hall–Kier alpha value is -3.86. The number of anilines is 2. The Morgan fingerprint density at radius 3 is 2.37 bits per heavy atom. The second-order valence-corrected chi connectivity index (χ2v) is 10.4. The van der Waals surface area contributed by atoms with Gasteiger partial charge in [-0.1, -0.05) is 73.9 Å². The number of benzene rings is 3. The van der Waals surface area contributed by atoms with Crippen molar-refractivity contribution in [3.05, 3.63) is 101 Å². The van der Waals surface area contributed by atoms with Gasteiger partial charge in [0.1, 0.15) is 5.75 Å². The molecule has 5 heteroatoms. The van der Waals surface area contributed by atoms with Crippen molar-refractivity contribution in [2.24, 2.45) is 0 Å². The molecule has 2 unspecified atom stereocenters. The predicted octanol–water partition coefficient (Wildman–Crippen LogP) is 7.48. The molecule has 1 aliphatic heterocycles. The Morgan fingerprint density at radius 2 is 1.66 bits per heavy atom. The number of hydrogen-bond acceptors (Lipinski definition) is 4. The van der Waals surface area contributed by atoms with E-state index < -0.39 is 6.04 Å². The molecule has 1 aliphatic carbocycles. The van der Waals surface area contributed by atoms with Gasteiger partial charge in [-0.3, -0.25) is 14.5 Å². The second kappa shape index (κ2) is 11.3. The summed E-state index contributed by atoms with van der Waals surface area (Å²) in [7, 11) is 1.66. The summed E-state index contributed by atoms with van der Waals surface area (Å²) >= 11 is 0. The van der Waals surface area contributed by atoms with Crippen molar-refractivity contribution >= 4 is 23.1 Å². The number of aryl methyl sites for hydroxylation is 1. The molecule has 0 saturated carbocycles. The Bertz CT molecular complexity index is 1340. The van der Waals surface area contributed by atoms with Crippen LogP contribution in [0.15, 0.2) is 84.1 Å². The molecule has 2 atom stereocenters. The zero-order valence-corrected chi connectivity index (χ0v) is 22.5. The molecule has 5 nitrogen and oxygen atoms in total. The number of carbonyl (C=O) groups is 2. The van der Waals surface area contributed by atoms with Crippen molar-refractivity contribution in [3.63, 3.8) is 0 Å². The summed E-state index contributed by atoms with van der Waals surface area (Å²) in [5, 5.41) is 3.62. The molecule has 3 aromatic carbocycles. The number of nitrogens with zero attached hydrogens (tertiary/aromatic N) is 1. The van der Waals surface area contributed by atoms with E-state index in [4.69, 9.17) is 4.74 Å². The number of ether oxygens (including phenoxy) is 1. The smallest absolute Gasteiger partial charge is 0.227 e. The maximum absolute atomic E-state index is 14.1. The van der Waals surface area contributed by atoms with E-state index in [0.29, 0.717) is 24.8 Å². The molecule has 1 heterocycles. The molecule has 0 saturated heterocycles. The van der Waals surface area contributed by atoms with Gasteiger partial charge < -0.3 is 10.1 Å². The quantitative estimate of drug-likeness (QED) is 0.336. The fourth-order valence-electron chi connectivity index (χ4n) is 5.69. The summed E-state index contributed by atoms with van der Waals surface area (Å²) < 4.78 is 5.33. The average Bonchev–Trinajstić information content (AvgIpc) is 3.08. The van der Waals surface area contributed by atoms with Crippen LogP contribution in [0.2, 0.25) is 0 Å². The first-order valence-electron chi connectivity index (χ1n) is 13.6. The van der Waals surface area contributed by atoms with Gasteiger partial charge in [0.2, 0.25) is 5.91 Å². The molecule has 2 aliphatic rings. The summed E-state index contributed by atoms with van der Waals surface area (Å²) in [4.78, 5) is 29.9. The molecule has 0 bridgehead atoms. The number of hydrogen-bond donors (Lipinski definition) is 1. The van der Waals surface area contributed by atoms with E-state index in [1.54, 1.807) is 7.11 Å². The van der Waals surface area contributed by atoms with Crippen LogP contribution in [-0.4, -0.2) is 18.8 Å². The summed E-state index contributed by atoms with van der Waals surface area (Å²) in [5.74, 6) is 0.993. The van der Waals surface area contributed by atoms with Gasteiger partial charge in [-0.15, -0.1) is 0 Å². The lowest BCUT2D eigenvalue weighted by atomic mass is 9.78. The zero-order valence-electron chi connectivity index (χ0n) is 22.5. The lowest BCUT2D eigenvalue weighted by Gasteiger charge is -2.35. The van der Waals surface area contributed by atoms with E-state index in [-0.39, 0.29) is 17.6 Å². The van der Waals surface area contributed by atoms with E-state index in [1.165, 1.54) is 0 Å². The van der Waals surface area contributed by atoms with Crippen molar-refractivity contribution in [1.29, 1.82) is 0 Å². The Kier molecular flexibility index (Phi) is 7.64. The largest absolute Gasteiger partial charge is 0.497 e. The SMILES string of the molecule is CCCCCC(=O)N1c2ccccc2NC2=C(C(=O)CC(c3ccc(OC)cc3)C2)C1c1ccc(C)cc1. The molecule has 196 valence electrons. The van der Waals surface area contributed by atoms with Crippen molar-refractivity contribution in [3.8, 4) is 5.75 Å². The highest BCUT2D eigenvalue weighted by Crippen LogP contribution is 2.47. The average molecular weight is 509 g/mol. The topological polar surface area (TPSA) is 58.6 Å². The maximum atomic E-state index is 14.1. The van der Waals surface area contributed by atoms with E-state index in [1.807, 2.05) is 53.4 Å². The highest BCUT2D eigenvalue weighted by Gasteiger charge is 2.41. The highest BCUT2D eigenvalue weighted by molar-refractivity contribution is 6.06. The van der Waals surface area contributed by atoms with Gasteiger partial charge in [0.15, 0.2) is 5.78 Å². The standard InChI is InChI=1S/C33H36N2O3/c1-4-5-6-11-31(37)35-29-10-8-7-9-27(29)34-28-20-25(23-16-18-26(38-3)19-17-23)21-30(36)32(28)33(35)24-14-12-22(2)13-15-24/h7-10,12-19,25,33-34H,4-6,11,20-21H2,1-3H3. The van der Waals surface area contributed by atoms with Gasteiger partial charge in [-0.2, -0.15) is 0 Å². The third-order valence-electron chi connectivity index (χ3n) is 7.73. The molecule has 5 rings (SSSR count). The summed E-state index contributed by atoms with van der Waals surface area (Å²) in [6.45, 7) is 4.19. The molecule has 1 N–H and O–H groups in total. The normalized spacial score (nSPS) is 18.8. The molecule has 0 fully saturated rings. The first-order valence-corrected chi connectivity index (χ1v) is 13.6. The zero-order chi connectivity index (χ0) is 26.6. The minimum atomic E-state index is -0.472. The molecule has 3 aromatic rings. The summed E-state index contributed by atoms with van der Waals surface area (Å²) in [6, 6.07) is 23.7. The van der Waals surface area contributed by atoms with Gasteiger partial charge >= 0.3 is 0 Å². The van der Waals surface area contributed by atoms with Crippen molar-refractivity contribution in [1.82, 2.24) is 0 Å². The molecular formula is C33H36N2O3. The van der Waals surface area contributed by atoms with E-state index in [0.717, 1.165) is 58.8 Å². The van der Waals surface area contributed by atoms with Crippen LogP contribution in [0.5, 0.6) is 5.75 Å². The van der Waals surface area contributed by atoms with Crippen LogP contribution in [-0.2, 0) is 9.59 Å². The number of allylic oxidation sites excluding steroid dienone is 1. The molecule has 0 spiro atoms. The van der Waals surface area contributed by atoms with E-state index in [9.17, 15) is 9.59 Å². The Balaban J connectivity index is 1.63. The van der Waals surface area contributed by atoms with Gasteiger partial charge in [0.25, 0.3) is 0 Å². The van der Waals surface area contributed by atoms with Crippen LogP contribution in [0, 0.1) is 6.92 Å². The first kappa shape index (κ1) is 25.8. The summed E-state index contributed by atoms with van der Waals surface area (Å²) in [6.07, 6.45) is 4.45. The highest BCUT2D eigenvalue weighted by atomic mass is 16.5. The van der Waals surface area contributed by atoms with Crippen LogP contribution in [0.25, 0.3) is 0 Å². The number of carbonyl (C=O) groups excluding carboxylic acids is 2. The second-order valence-electron chi connectivity index (χ2n) is 10.4. The summed E-state index contributed by atoms with van der Waals surface area (Å²) in [5.41, 5.74) is 6.52. The maximum Gasteiger partial charge on any atom is 0.227 e. The number of ketones is 1. The van der Waals surface area contributed by atoms with Crippen molar-refractivity contribution < 1.29 is 14.3 Å². The number of methoxy groups -OCH3 is 1.